The molecule has 1 saturated heterocycles. The number of piperidine rings is 1. The summed E-state index contributed by atoms with van der Waals surface area (Å²) in [6.45, 7) is 15.6. The molecule has 0 saturated carbocycles. The van der Waals surface area contributed by atoms with Gasteiger partial charge in [-0.3, -0.25) is 9.69 Å². The standard InChI is InChI=1S/C25H25N3O/c1-4-19-8-13-22-23(16-19)28(21-11-9-20(26-3)10-12-21)18(2)25(22)24(29)17-27-14-6-5-7-15-27/h4,8-13,16H,1,5-7,14-15,17H2,2H3. The lowest BCUT2D eigenvalue weighted by molar-refractivity contribution is 0.0916. The third-order valence-corrected chi connectivity index (χ3v) is 5.80. The van der Waals surface area contributed by atoms with E-state index in [1.54, 1.807) is 0 Å². The first-order chi connectivity index (χ1) is 14.1. The summed E-state index contributed by atoms with van der Waals surface area (Å²) < 4.78 is 2.12. The van der Waals surface area contributed by atoms with Crippen LogP contribution in [0.25, 0.3) is 27.5 Å². The predicted molar refractivity (Wildman–Crippen MR) is 119 cm³/mol. The maximum atomic E-state index is 13.3. The van der Waals surface area contributed by atoms with Crippen LogP contribution in [-0.4, -0.2) is 34.9 Å². The first-order valence-electron chi connectivity index (χ1n) is 10.1. The molecule has 0 unspecified atom stereocenters. The molecule has 146 valence electrons. The molecule has 1 fully saturated rings. The smallest absolute Gasteiger partial charge is 0.187 e. The van der Waals surface area contributed by atoms with Crippen molar-refractivity contribution in [3.8, 4) is 5.69 Å². The van der Waals surface area contributed by atoms with Crippen LogP contribution in [0, 0.1) is 13.5 Å². The predicted octanol–water partition coefficient (Wildman–Crippen LogP) is 5.80. The fraction of sp³-hybridized carbons (Fsp3) is 0.280. The van der Waals surface area contributed by atoms with Gasteiger partial charge in [0.1, 0.15) is 0 Å². The minimum atomic E-state index is 0.178. The molecular formula is C25H25N3O. The number of ketones is 1. The molecular weight excluding hydrogens is 358 g/mol. The summed E-state index contributed by atoms with van der Waals surface area (Å²) in [4.78, 5) is 19.1. The minimum Gasteiger partial charge on any atom is -0.313 e. The molecule has 0 N–H and O–H groups in total. The van der Waals surface area contributed by atoms with Crippen LogP contribution in [0.4, 0.5) is 5.69 Å². The highest BCUT2D eigenvalue weighted by molar-refractivity contribution is 6.11. The van der Waals surface area contributed by atoms with Gasteiger partial charge >= 0.3 is 0 Å². The summed E-state index contributed by atoms with van der Waals surface area (Å²) in [7, 11) is 0. The average Bonchev–Trinajstić information content (AvgIpc) is 3.05. The van der Waals surface area contributed by atoms with E-state index >= 15 is 0 Å². The monoisotopic (exact) mass is 383 g/mol. The summed E-state index contributed by atoms with van der Waals surface area (Å²) in [6, 6.07) is 13.7. The number of rotatable bonds is 5. The molecule has 0 radical (unpaired) electrons. The number of carbonyl (C=O) groups excluding carboxylic acids is 1. The molecule has 29 heavy (non-hydrogen) atoms. The highest BCUT2D eigenvalue weighted by atomic mass is 16.1. The van der Waals surface area contributed by atoms with Crippen molar-refractivity contribution >= 4 is 28.4 Å². The highest BCUT2D eigenvalue weighted by Gasteiger charge is 2.23. The molecule has 1 aliphatic heterocycles. The number of aromatic nitrogens is 1. The van der Waals surface area contributed by atoms with Gasteiger partial charge in [-0.05, 0) is 56.6 Å². The number of Topliss-reactive ketones (excluding diaryl/α,β-unsaturated/α-hetero) is 1. The number of carbonyl (C=O) groups is 1. The fourth-order valence-electron chi connectivity index (χ4n) is 4.32. The molecule has 1 aliphatic rings. The van der Waals surface area contributed by atoms with E-state index in [0.29, 0.717) is 12.2 Å². The second kappa shape index (κ2) is 8.06. The third-order valence-electron chi connectivity index (χ3n) is 5.80. The van der Waals surface area contributed by atoms with Gasteiger partial charge in [0, 0.05) is 22.3 Å². The van der Waals surface area contributed by atoms with Crippen molar-refractivity contribution in [1.82, 2.24) is 9.47 Å². The molecule has 1 aromatic heterocycles. The molecule has 0 atom stereocenters. The maximum absolute atomic E-state index is 13.3. The quantitative estimate of drug-likeness (QED) is 0.411. The zero-order valence-electron chi connectivity index (χ0n) is 16.8. The lowest BCUT2D eigenvalue weighted by atomic mass is 10.0. The van der Waals surface area contributed by atoms with E-state index in [-0.39, 0.29) is 5.78 Å². The van der Waals surface area contributed by atoms with Crippen LogP contribution in [0.3, 0.4) is 0 Å². The number of fused-ring (bicyclic) bond motifs is 1. The second-order valence-electron chi connectivity index (χ2n) is 7.66. The van der Waals surface area contributed by atoms with Crippen molar-refractivity contribution in [2.24, 2.45) is 0 Å². The van der Waals surface area contributed by atoms with Crippen molar-refractivity contribution in [3.05, 3.63) is 77.3 Å². The van der Waals surface area contributed by atoms with Gasteiger partial charge in [0.05, 0.1) is 18.6 Å². The molecule has 4 heteroatoms. The lowest BCUT2D eigenvalue weighted by Crippen LogP contribution is -2.34. The minimum absolute atomic E-state index is 0.178. The molecule has 0 bridgehead atoms. The van der Waals surface area contributed by atoms with E-state index in [9.17, 15) is 4.79 Å². The molecule has 4 nitrogen and oxygen atoms in total. The van der Waals surface area contributed by atoms with E-state index in [1.807, 2.05) is 49.4 Å². The van der Waals surface area contributed by atoms with Crippen LogP contribution < -0.4 is 0 Å². The summed E-state index contributed by atoms with van der Waals surface area (Å²) in [6.07, 6.45) is 5.42. The Bertz CT molecular complexity index is 1110. The Morgan fingerprint density at radius 1 is 1.14 bits per heavy atom. The van der Waals surface area contributed by atoms with Crippen LogP contribution >= 0.6 is 0 Å². The number of hydrogen-bond acceptors (Lipinski definition) is 2. The number of benzene rings is 2. The van der Waals surface area contributed by atoms with E-state index in [1.165, 1.54) is 19.3 Å². The average molecular weight is 383 g/mol. The summed E-state index contributed by atoms with van der Waals surface area (Å²) in [5.41, 5.74) is 5.32. The van der Waals surface area contributed by atoms with Gasteiger partial charge in [0.25, 0.3) is 0 Å². The van der Waals surface area contributed by atoms with Gasteiger partial charge in [-0.1, -0.05) is 43.3 Å². The largest absolute Gasteiger partial charge is 0.313 e. The van der Waals surface area contributed by atoms with Crippen LogP contribution in [0.5, 0.6) is 0 Å². The SMILES string of the molecule is [C-]#[N+]c1ccc(-n2c(C)c(C(=O)CN3CCCCC3)c3ccc(C=C)cc32)cc1. The molecule has 2 heterocycles. The Labute approximate surface area is 171 Å². The highest BCUT2D eigenvalue weighted by Crippen LogP contribution is 2.31. The fourth-order valence-corrected chi connectivity index (χ4v) is 4.32. The Hall–Kier alpha value is -3.16. The molecule has 0 spiro atoms. The zero-order valence-corrected chi connectivity index (χ0v) is 16.8. The molecule has 3 aromatic rings. The van der Waals surface area contributed by atoms with Crippen LogP contribution in [0.15, 0.2) is 49.0 Å². The van der Waals surface area contributed by atoms with E-state index in [2.05, 4.69) is 27.0 Å². The molecule has 4 rings (SSSR count). The number of hydrogen-bond donors (Lipinski definition) is 0. The van der Waals surface area contributed by atoms with Gasteiger partial charge in [-0.25, -0.2) is 4.85 Å². The van der Waals surface area contributed by atoms with Crippen molar-refractivity contribution in [1.29, 1.82) is 0 Å². The molecule has 0 aliphatic carbocycles. The topological polar surface area (TPSA) is 29.6 Å². The number of likely N-dealkylation sites (tertiary alicyclic amines) is 1. The van der Waals surface area contributed by atoms with Crippen molar-refractivity contribution < 1.29 is 4.79 Å². The normalized spacial score (nSPS) is 14.6. The summed E-state index contributed by atoms with van der Waals surface area (Å²) >= 11 is 0. The molecule has 0 amide bonds. The Morgan fingerprint density at radius 2 is 1.86 bits per heavy atom. The van der Waals surface area contributed by atoms with E-state index in [0.717, 1.165) is 46.5 Å². The van der Waals surface area contributed by atoms with Gasteiger partial charge < -0.3 is 4.57 Å². The maximum Gasteiger partial charge on any atom is 0.187 e. The summed E-state index contributed by atoms with van der Waals surface area (Å²) in [5, 5.41) is 0.976. The van der Waals surface area contributed by atoms with E-state index < -0.39 is 0 Å². The number of nitrogens with zero attached hydrogens (tertiary/aromatic N) is 3. The van der Waals surface area contributed by atoms with Gasteiger partial charge in [0.2, 0.25) is 0 Å². The van der Waals surface area contributed by atoms with Crippen molar-refractivity contribution in [2.75, 3.05) is 19.6 Å². The zero-order chi connectivity index (χ0) is 20.4. The van der Waals surface area contributed by atoms with Crippen LogP contribution in [-0.2, 0) is 0 Å². The molecule has 2 aromatic carbocycles. The first-order valence-corrected chi connectivity index (χ1v) is 10.1. The Balaban J connectivity index is 1.84. The van der Waals surface area contributed by atoms with E-state index in [4.69, 9.17) is 6.57 Å². The third kappa shape index (κ3) is 3.62. The lowest BCUT2D eigenvalue weighted by Gasteiger charge is -2.25. The van der Waals surface area contributed by atoms with Crippen molar-refractivity contribution in [2.45, 2.75) is 26.2 Å². The van der Waals surface area contributed by atoms with Gasteiger partial charge in [-0.15, -0.1) is 0 Å². The second-order valence-corrected chi connectivity index (χ2v) is 7.66. The Morgan fingerprint density at radius 3 is 2.52 bits per heavy atom. The first kappa shape index (κ1) is 19.2. The van der Waals surface area contributed by atoms with Gasteiger partial charge in [0.15, 0.2) is 11.5 Å². The summed E-state index contributed by atoms with van der Waals surface area (Å²) in [5.74, 6) is 0.178. The Kier molecular flexibility index (Phi) is 5.33. The van der Waals surface area contributed by atoms with Crippen molar-refractivity contribution in [3.63, 3.8) is 0 Å². The van der Waals surface area contributed by atoms with Crippen LogP contribution in [0.1, 0.15) is 40.9 Å². The van der Waals surface area contributed by atoms with Crippen LogP contribution in [0.2, 0.25) is 0 Å². The van der Waals surface area contributed by atoms with Gasteiger partial charge in [-0.2, -0.15) is 0 Å².